The van der Waals surface area contributed by atoms with Crippen molar-refractivity contribution in [3.05, 3.63) is 35.6 Å². The van der Waals surface area contributed by atoms with E-state index < -0.39 is 0 Å². The number of carbonyl (C=O) groups is 1. The van der Waals surface area contributed by atoms with Crippen molar-refractivity contribution in [3.63, 3.8) is 0 Å². The van der Waals surface area contributed by atoms with Gasteiger partial charge in [-0.15, -0.1) is 0 Å². The Bertz CT molecular complexity index is 379. The van der Waals surface area contributed by atoms with E-state index in [1.54, 1.807) is 0 Å². The van der Waals surface area contributed by atoms with Gasteiger partial charge in [0.15, 0.2) is 0 Å². The van der Waals surface area contributed by atoms with Crippen LogP contribution in [0.2, 0.25) is 0 Å². The van der Waals surface area contributed by atoms with Crippen molar-refractivity contribution in [2.75, 3.05) is 13.1 Å². The first-order valence-electron chi connectivity index (χ1n) is 4.99. The van der Waals surface area contributed by atoms with E-state index in [1.165, 1.54) is 5.57 Å². The Labute approximate surface area is 82.8 Å². The molecule has 1 saturated heterocycles. The van der Waals surface area contributed by atoms with E-state index in [4.69, 9.17) is 0 Å². The molecule has 14 heavy (non-hydrogen) atoms. The minimum absolute atomic E-state index is 0.0755. The average Bonchev–Trinajstić information content (AvgIpc) is 2.59. The van der Waals surface area contributed by atoms with Gasteiger partial charge in [0, 0.05) is 13.1 Å². The van der Waals surface area contributed by atoms with Crippen LogP contribution in [0.3, 0.4) is 0 Å². The van der Waals surface area contributed by atoms with Gasteiger partial charge in [-0.25, -0.2) is 0 Å². The highest BCUT2D eigenvalue weighted by atomic mass is 16.2. The smallest absolute Gasteiger partial charge is 0.267 e. The number of allylic oxidation sites excluding steroid dienone is 2. The van der Waals surface area contributed by atoms with Gasteiger partial charge in [-0.05, 0) is 18.1 Å². The molecule has 0 radical (unpaired) electrons. The summed E-state index contributed by atoms with van der Waals surface area (Å²) in [4.78, 5) is 13.8. The number of nitrogens with one attached hydrogen (secondary N) is 1. The van der Waals surface area contributed by atoms with Gasteiger partial charge in [0.1, 0.15) is 5.70 Å². The molecule has 1 unspecified atom stereocenters. The highest BCUT2D eigenvalue weighted by molar-refractivity contribution is 5.95. The van der Waals surface area contributed by atoms with Crippen molar-refractivity contribution in [3.8, 4) is 0 Å². The molecule has 1 atom stereocenters. The molecule has 3 rings (SSSR count). The van der Waals surface area contributed by atoms with Crippen LogP contribution in [0.25, 0.3) is 0 Å². The molecule has 1 fully saturated rings. The minimum Gasteiger partial charge on any atom is -0.358 e. The van der Waals surface area contributed by atoms with E-state index in [2.05, 4.69) is 28.4 Å². The Morgan fingerprint density at radius 2 is 2.43 bits per heavy atom. The zero-order valence-electron chi connectivity index (χ0n) is 7.86. The molecule has 2 heterocycles. The summed E-state index contributed by atoms with van der Waals surface area (Å²) in [6.07, 6.45) is 9.38. The number of hydrogen-bond donors (Lipinski definition) is 1. The third kappa shape index (κ3) is 0.953. The molecule has 0 bridgehead atoms. The van der Waals surface area contributed by atoms with Crippen LogP contribution in [-0.2, 0) is 4.79 Å². The first-order chi connectivity index (χ1) is 6.86. The summed E-state index contributed by atoms with van der Waals surface area (Å²) in [5.41, 5.74) is 2.12. The van der Waals surface area contributed by atoms with E-state index in [0.717, 1.165) is 25.2 Å². The van der Waals surface area contributed by atoms with Crippen molar-refractivity contribution in [1.29, 1.82) is 0 Å². The molecule has 0 aromatic carbocycles. The lowest BCUT2D eigenvalue weighted by Crippen LogP contribution is -2.47. The normalized spacial score (nSPS) is 29.0. The van der Waals surface area contributed by atoms with Crippen molar-refractivity contribution < 1.29 is 4.79 Å². The van der Waals surface area contributed by atoms with E-state index in [-0.39, 0.29) is 5.91 Å². The van der Waals surface area contributed by atoms with Crippen LogP contribution < -0.4 is 5.32 Å². The topological polar surface area (TPSA) is 32.3 Å². The number of fused-ring (bicyclic) bond motifs is 3. The van der Waals surface area contributed by atoms with Crippen molar-refractivity contribution in [1.82, 2.24) is 10.2 Å². The molecule has 0 spiro atoms. The third-order valence-corrected chi connectivity index (χ3v) is 3.03. The van der Waals surface area contributed by atoms with Crippen molar-refractivity contribution in [2.24, 2.45) is 0 Å². The molecule has 3 heteroatoms. The van der Waals surface area contributed by atoms with Crippen LogP contribution in [-0.4, -0.2) is 29.9 Å². The molecule has 1 N–H and O–H groups in total. The molecular weight excluding hydrogens is 176 g/mol. The summed E-state index contributed by atoms with van der Waals surface area (Å²) in [6, 6.07) is 0.418. The number of nitrogens with zero attached hydrogens (tertiary/aromatic N) is 1. The van der Waals surface area contributed by atoms with E-state index in [9.17, 15) is 4.79 Å². The molecule has 2 aliphatic heterocycles. The lowest BCUT2D eigenvalue weighted by molar-refractivity contribution is -0.120. The summed E-state index contributed by atoms with van der Waals surface area (Å²) in [5, 5.41) is 2.87. The van der Waals surface area contributed by atoms with Crippen molar-refractivity contribution >= 4 is 5.91 Å². The third-order valence-electron chi connectivity index (χ3n) is 3.03. The van der Waals surface area contributed by atoms with Crippen LogP contribution in [0.15, 0.2) is 35.6 Å². The van der Waals surface area contributed by atoms with Crippen LogP contribution in [0, 0.1) is 0 Å². The van der Waals surface area contributed by atoms with E-state index in [0.29, 0.717) is 6.04 Å². The molecule has 3 nitrogen and oxygen atoms in total. The van der Waals surface area contributed by atoms with E-state index in [1.807, 2.05) is 6.08 Å². The quantitative estimate of drug-likeness (QED) is 0.602. The van der Waals surface area contributed by atoms with Crippen LogP contribution in [0.4, 0.5) is 0 Å². The van der Waals surface area contributed by atoms with Gasteiger partial charge in [0.25, 0.3) is 5.91 Å². The molecule has 72 valence electrons. The maximum Gasteiger partial charge on any atom is 0.267 e. The molecule has 1 aliphatic carbocycles. The van der Waals surface area contributed by atoms with Crippen LogP contribution in [0.1, 0.15) is 6.42 Å². The predicted octanol–water partition coefficient (Wildman–Crippen LogP) is 0.571. The first-order valence-corrected chi connectivity index (χ1v) is 4.99. The minimum atomic E-state index is 0.0755. The molecule has 3 aliphatic rings. The monoisotopic (exact) mass is 188 g/mol. The number of amides is 1. The zero-order chi connectivity index (χ0) is 9.54. The molecule has 0 saturated carbocycles. The van der Waals surface area contributed by atoms with E-state index >= 15 is 0 Å². The first kappa shape index (κ1) is 7.85. The van der Waals surface area contributed by atoms with Gasteiger partial charge in [-0.1, -0.05) is 18.2 Å². The van der Waals surface area contributed by atoms with Gasteiger partial charge >= 0.3 is 0 Å². The Morgan fingerprint density at radius 1 is 1.50 bits per heavy atom. The lowest BCUT2D eigenvalue weighted by atomic mass is 10.0. The SMILES string of the molecule is O=C1NCCN2C1=CC1=CC=CCC12. The Kier molecular flexibility index (Phi) is 1.54. The standard InChI is InChI=1S/C11H12N2O/c14-11-10-7-8-3-1-2-4-9(8)13(10)6-5-12-11/h1-3,7,9H,4-6H2,(H,12,14). The summed E-state index contributed by atoms with van der Waals surface area (Å²) in [6.45, 7) is 1.71. The maximum atomic E-state index is 11.6. The molecular formula is C11H12N2O. The Balaban J connectivity index is 2.01. The fraction of sp³-hybridized carbons (Fsp3) is 0.364. The zero-order valence-corrected chi connectivity index (χ0v) is 7.86. The maximum absolute atomic E-state index is 11.6. The number of hydrogen-bond acceptors (Lipinski definition) is 2. The van der Waals surface area contributed by atoms with Crippen molar-refractivity contribution in [2.45, 2.75) is 12.5 Å². The largest absolute Gasteiger partial charge is 0.358 e. The summed E-state index contributed by atoms with van der Waals surface area (Å²) in [5.74, 6) is 0.0755. The van der Waals surface area contributed by atoms with Crippen LogP contribution >= 0.6 is 0 Å². The Morgan fingerprint density at radius 3 is 3.36 bits per heavy atom. The number of piperazine rings is 1. The van der Waals surface area contributed by atoms with Gasteiger partial charge in [0.2, 0.25) is 0 Å². The number of carbonyl (C=O) groups excluding carboxylic acids is 1. The second-order valence-electron chi connectivity index (χ2n) is 3.83. The van der Waals surface area contributed by atoms with Gasteiger partial charge in [-0.3, -0.25) is 4.79 Å². The van der Waals surface area contributed by atoms with Crippen LogP contribution in [0.5, 0.6) is 0 Å². The Hall–Kier alpha value is -1.51. The molecule has 0 aromatic heterocycles. The highest BCUT2D eigenvalue weighted by Gasteiger charge is 2.35. The fourth-order valence-corrected chi connectivity index (χ4v) is 2.35. The summed E-state index contributed by atoms with van der Waals surface area (Å²) < 4.78 is 0. The lowest BCUT2D eigenvalue weighted by Gasteiger charge is -2.33. The summed E-state index contributed by atoms with van der Waals surface area (Å²) in [7, 11) is 0. The summed E-state index contributed by atoms with van der Waals surface area (Å²) >= 11 is 0. The van der Waals surface area contributed by atoms with Gasteiger partial charge in [0.05, 0.1) is 6.04 Å². The second kappa shape index (κ2) is 2.74. The number of rotatable bonds is 0. The van der Waals surface area contributed by atoms with Gasteiger partial charge < -0.3 is 10.2 Å². The van der Waals surface area contributed by atoms with Gasteiger partial charge in [-0.2, -0.15) is 0 Å². The molecule has 1 amide bonds. The highest BCUT2D eigenvalue weighted by Crippen LogP contribution is 2.32. The molecule has 0 aromatic rings. The predicted molar refractivity (Wildman–Crippen MR) is 53.4 cm³/mol. The second-order valence-corrected chi connectivity index (χ2v) is 3.83. The average molecular weight is 188 g/mol. The fourth-order valence-electron chi connectivity index (χ4n) is 2.35.